The summed E-state index contributed by atoms with van der Waals surface area (Å²) in [7, 11) is 0. The summed E-state index contributed by atoms with van der Waals surface area (Å²) in [5.41, 5.74) is -2.74. The number of benzene rings is 1. The fraction of sp³-hybridized carbons (Fsp3) is 0.467. The van der Waals surface area contributed by atoms with Crippen LogP contribution in [0, 0.1) is 16.0 Å². The van der Waals surface area contributed by atoms with Crippen LogP contribution in [0.3, 0.4) is 0 Å². The average Bonchev–Trinajstić information content (AvgIpc) is 3.06. The summed E-state index contributed by atoms with van der Waals surface area (Å²) in [6.07, 6.45) is -1.77. The normalized spacial score (nSPS) is 15.0. The highest BCUT2D eigenvalue weighted by Crippen LogP contribution is 2.37. The van der Waals surface area contributed by atoms with Crippen molar-refractivity contribution in [2.24, 2.45) is 5.92 Å². The first-order chi connectivity index (χ1) is 11.7. The quantitative estimate of drug-likeness (QED) is 0.494. The van der Waals surface area contributed by atoms with E-state index in [0.717, 1.165) is 25.0 Å². The van der Waals surface area contributed by atoms with Crippen molar-refractivity contribution in [3.8, 4) is 0 Å². The Balaban J connectivity index is 2.04. The number of halogens is 3. The lowest BCUT2D eigenvalue weighted by Crippen LogP contribution is -2.25. The van der Waals surface area contributed by atoms with Crippen molar-refractivity contribution < 1.29 is 32.4 Å². The number of nitro groups is 1. The standard InChI is InChI=1S/C15H15F3N2O5/c16-15(17,18)11-7-10(20(23)24)5-6-12(11)19-13(21)8-25-14(22)9-3-1-2-4-9/h5-7,9H,1-4,8H2,(H,19,21). The summed E-state index contributed by atoms with van der Waals surface area (Å²) in [6, 6.07) is 1.97. The minimum atomic E-state index is -4.89. The summed E-state index contributed by atoms with van der Waals surface area (Å²) in [5, 5.41) is 12.6. The van der Waals surface area contributed by atoms with Crippen LogP contribution in [0.2, 0.25) is 0 Å². The summed E-state index contributed by atoms with van der Waals surface area (Å²) in [6.45, 7) is -0.719. The summed E-state index contributed by atoms with van der Waals surface area (Å²) in [4.78, 5) is 33.1. The van der Waals surface area contributed by atoms with Crippen LogP contribution in [0.1, 0.15) is 31.2 Å². The van der Waals surface area contributed by atoms with Gasteiger partial charge in [-0.15, -0.1) is 0 Å². The molecule has 0 aliphatic heterocycles. The van der Waals surface area contributed by atoms with Crippen molar-refractivity contribution in [2.45, 2.75) is 31.9 Å². The SMILES string of the molecule is O=C(COC(=O)C1CCCC1)Nc1ccc([N+](=O)[O-])cc1C(F)(F)F. The lowest BCUT2D eigenvalue weighted by molar-refractivity contribution is -0.385. The molecule has 136 valence electrons. The number of non-ortho nitro benzene ring substituents is 1. The molecular formula is C15H15F3N2O5. The van der Waals surface area contributed by atoms with Gasteiger partial charge in [-0.2, -0.15) is 13.2 Å². The molecule has 1 fully saturated rings. The number of alkyl halides is 3. The van der Waals surface area contributed by atoms with Gasteiger partial charge >= 0.3 is 12.1 Å². The van der Waals surface area contributed by atoms with Gasteiger partial charge in [0.2, 0.25) is 0 Å². The van der Waals surface area contributed by atoms with E-state index in [1.807, 2.05) is 5.32 Å². The van der Waals surface area contributed by atoms with Gasteiger partial charge in [0, 0.05) is 12.1 Å². The number of amides is 1. The van der Waals surface area contributed by atoms with E-state index in [1.165, 1.54) is 0 Å². The van der Waals surface area contributed by atoms with E-state index >= 15 is 0 Å². The maximum atomic E-state index is 13.0. The van der Waals surface area contributed by atoms with Crippen LogP contribution in [0.4, 0.5) is 24.5 Å². The number of carbonyl (C=O) groups is 2. The molecule has 1 aliphatic rings. The van der Waals surface area contributed by atoms with Gasteiger partial charge in [-0.25, -0.2) is 0 Å². The maximum absolute atomic E-state index is 13.0. The Morgan fingerprint density at radius 1 is 1.28 bits per heavy atom. The smallest absolute Gasteiger partial charge is 0.418 e. The third-order valence-electron chi connectivity index (χ3n) is 3.83. The molecule has 1 aromatic carbocycles. The number of esters is 1. The third kappa shape index (κ3) is 4.91. The number of carbonyl (C=O) groups excluding carboxylic acids is 2. The van der Waals surface area contributed by atoms with Crippen molar-refractivity contribution >= 4 is 23.3 Å². The molecule has 0 aromatic heterocycles. The Hall–Kier alpha value is -2.65. The number of hydrogen-bond acceptors (Lipinski definition) is 5. The molecule has 0 spiro atoms. The summed E-state index contributed by atoms with van der Waals surface area (Å²) >= 11 is 0. The van der Waals surface area contributed by atoms with E-state index in [9.17, 15) is 32.9 Å². The molecule has 25 heavy (non-hydrogen) atoms. The van der Waals surface area contributed by atoms with E-state index in [-0.39, 0.29) is 5.92 Å². The predicted octanol–water partition coefficient (Wildman–Crippen LogP) is 3.29. The second-order valence-corrected chi connectivity index (χ2v) is 5.62. The van der Waals surface area contributed by atoms with Gasteiger partial charge in [-0.05, 0) is 18.9 Å². The fourth-order valence-electron chi connectivity index (χ4n) is 2.59. The van der Waals surface area contributed by atoms with Crippen LogP contribution in [0.25, 0.3) is 0 Å². The minimum Gasteiger partial charge on any atom is -0.455 e. The lowest BCUT2D eigenvalue weighted by Gasteiger charge is -2.14. The monoisotopic (exact) mass is 360 g/mol. The molecule has 2 rings (SSSR count). The van der Waals surface area contributed by atoms with Crippen molar-refractivity contribution in [2.75, 3.05) is 11.9 Å². The Morgan fingerprint density at radius 2 is 1.92 bits per heavy atom. The molecule has 0 atom stereocenters. The molecule has 1 saturated carbocycles. The van der Waals surface area contributed by atoms with E-state index in [2.05, 4.69) is 0 Å². The molecular weight excluding hydrogens is 345 g/mol. The maximum Gasteiger partial charge on any atom is 0.418 e. The Bertz CT molecular complexity index is 684. The highest BCUT2D eigenvalue weighted by molar-refractivity contribution is 5.93. The minimum absolute atomic E-state index is 0.280. The first kappa shape index (κ1) is 18.7. The van der Waals surface area contributed by atoms with Crippen LogP contribution in [0.5, 0.6) is 0 Å². The number of anilines is 1. The zero-order chi connectivity index (χ0) is 18.6. The van der Waals surface area contributed by atoms with E-state index in [0.29, 0.717) is 18.9 Å². The molecule has 1 N–H and O–H groups in total. The van der Waals surface area contributed by atoms with Gasteiger partial charge in [0.15, 0.2) is 6.61 Å². The van der Waals surface area contributed by atoms with E-state index < -0.39 is 46.5 Å². The van der Waals surface area contributed by atoms with Gasteiger partial charge < -0.3 is 10.1 Å². The Morgan fingerprint density at radius 3 is 2.48 bits per heavy atom. The predicted molar refractivity (Wildman–Crippen MR) is 79.6 cm³/mol. The molecule has 0 saturated heterocycles. The molecule has 1 aliphatic carbocycles. The van der Waals surface area contributed by atoms with Gasteiger partial charge in [-0.1, -0.05) is 12.8 Å². The number of nitro benzene ring substituents is 1. The lowest BCUT2D eigenvalue weighted by atomic mass is 10.1. The first-order valence-corrected chi connectivity index (χ1v) is 7.50. The highest BCUT2D eigenvalue weighted by Gasteiger charge is 2.35. The van der Waals surface area contributed by atoms with Crippen molar-refractivity contribution in [1.29, 1.82) is 0 Å². The molecule has 0 unspecified atom stereocenters. The number of nitrogens with zero attached hydrogens (tertiary/aromatic N) is 1. The zero-order valence-corrected chi connectivity index (χ0v) is 13.0. The van der Waals surface area contributed by atoms with Gasteiger partial charge in [0.1, 0.15) is 0 Å². The van der Waals surface area contributed by atoms with Gasteiger partial charge in [0.25, 0.3) is 11.6 Å². The topological polar surface area (TPSA) is 98.5 Å². The van der Waals surface area contributed by atoms with Crippen LogP contribution in [-0.2, 0) is 20.5 Å². The Labute approximate surface area is 140 Å². The molecule has 0 heterocycles. The van der Waals surface area contributed by atoms with Crippen molar-refractivity contribution in [3.05, 3.63) is 33.9 Å². The van der Waals surface area contributed by atoms with Crippen LogP contribution < -0.4 is 5.32 Å². The molecule has 0 radical (unpaired) electrons. The highest BCUT2D eigenvalue weighted by atomic mass is 19.4. The molecule has 0 bridgehead atoms. The van der Waals surface area contributed by atoms with Crippen molar-refractivity contribution in [3.63, 3.8) is 0 Å². The van der Waals surface area contributed by atoms with Crippen LogP contribution >= 0.6 is 0 Å². The molecule has 7 nitrogen and oxygen atoms in total. The number of ether oxygens (including phenoxy) is 1. The fourth-order valence-corrected chi connectivity index (χ4v) is 2.59. The van der Waals surface area contributed by atoms with E-state index in [1.54, 1.807) is 0 Å². The van der Waals surface area contributed by atoms with Gasteiger partial charge in [0.05, 0.1) is 22.1 Å². The van der Waals surface area contributed by atoms with Crippen LogP contribution in [0.15, 0.2) is 18.2 Å². The molecule has 10 heteroatoms. The second kappa shape index (κ2) is 7.49. The number of hydrogen-bond donors (Lipinski definition) is 1. The average molecular weight is 360 g/mol. The molecule has 1 aromatic rings. The van der Waals surface area contributed by atoms with Gasteiger partial charge in [-0.3, -0.25) is 19.7 Å². The third-order valence-corrected chi connectivity index (χ3v) is 3.83. The first-order valence-electron chi connectivity index (χ1n) is 7.50. The largest absolute Gasteiger partial charge is 0.455 e. The summed E-state index contributed by atoms with van der Waals surface area (Å²) in [5.74, 6) is -1.78. The summed E-state index contributed by atoms with van der Waals surface area (Å²) < 4.78 is 43.8. The zero-order valence-electron chi connectivity index (χ0n) is 13.0. The second-order valence-electron chi connectivity index (χ2n) is 5.62. The van der Waals surface area contributed by atoms with Crippen LogP contribution in [-0.4, -0.2) is 23.4 Å². The molecule has 1 amide bonds. The number of nitrogens with one attached hydrogen (secondary N) is 1. The number of rotatable bonds is 5. The van der Waals surface area contributed by atoms with Crippen molar-refractivity contribution in [1.82, 2.24) is 0 Å². The van der Waals surface area contributed by atoms with E-state index in [4.69, 9.17) is 4.74 Å². The Kier molecular flexibility index (Phi) is 5.60.